The third kappa shape index (κ3) is 3.23. The fourth-order valence-corrected chi connectivity index (χ4v) is 3.58. The summed E-state index contributed by atoms with van der Waals surface area (Å²) in [6, 6.07) is 8.62. The van der Waals surface area contributed by atoms with E-state index in [1.807, 2.05) is 19.9 Å². The predicted octanol–water partition coefficient (Wildman–Crippen LogP) is 2.74. The maximum atomic E-state index is 12.4. The maximum Gasteiger partial charge on any atom is 0.241 e. The summed E-state index contributed by atoms with van der Waals surface area (Å²) in [7, 11) is -3.53. The van der Waals surface area contributed by atoms with Gasteiger partial charge in [-0.15, -0.1) is 0 Å². The number of aromatic nitrogens is 1. The highest BCUT2D eigenvalue weighted by Crippen LogP contribution is 2.20. The van der Waals surface area contributed by atoms with Crippen LogP contribution in [-0.2, 0) is 10.0 Å². The molecule has 1 N–H and O–H groups in total. The number of aryl methyl sites for hydroxylation is 2. The van der Waals surface area contributed by atoms with Crippen LogP contribution in [0.15, 0.2) is 47.6 Å². The average Bonchev–Trinajstić information content (AvgIpc) is 2.38. The van der Waals surface area contributed by atoms with Gasteiger partial charge in [0.15, 0.2) is 0 Å². The van der Waals surface area contributed by atoms with Gasteiger partial charge in [0.2, 0.25) is 10.0 Å². The van der Waals surface area contributed by atoms with Crippen molar-refractivity contribution in [2.24, 2.45) is 0 Å². The molecule has 2 rings (SSSR count). The Morgan fingerprint density at radius 2 is 1.75 bits per heavy atom. The fraction of sp³-hybridized carbons (Fsp3) is 0.267. The summed E-state index contributed by atoms with van der Waals surface area (Å²) in [4.78, 5) is 4.25. The molecule has 0 aliphatic rings. The van der Waals surface area contributed by atoms with Gasteiger partial charge in [0.1, 0.15) is 0 Å². The summed E-state index contributed by atoms with van der Waals surface area (Å²) >= 11 is 0. The van der Waals surface area contributed by atoms with Gasteiger partial charge in [-0.1, -0.05) is 17.7 Å². The normalized spacial score (nSPS) is 13.2. The predicted molar refractivity (Wildman–Crippen MR) is 78.9 cm³/mol. The zero-order valence-corrected chi connectivity index (χ0v) is 12.6. The molecule has 1 aromatic heterocycles. The second-order valence-corrected chi connectivity index (χ2v) is 6.57. The first-order valence-electron chi connectivity index (χ1n) is 6.39. The molecular weight excluding hydrogens is 272 g/mol. The molecule has 1 aromatic carbocycles. The molecule has 0 aliphatic heterocycles. The van der Waals surface area contributed by atoms with Crippen molar-refractivity contribution in [3.8, 4) is 0 Å². The van der Waals surface area contributed by atoms with Crippen LogP contribution in [0.5, 0.6) is 0 Å². The summed E-state index contributed by atoms with van der Waals surface area (Å²) in [6.45, 7) is 5.56. The third-order valence-electron chi connectivity index (χ3n) is 3.16. The minimum absolute atomic E-state index is 0.302. The molecule has 106 valence electrons. The quantitative estimate of drug-likeness (QED) is 0.942. The summed E-state index contributed by atoms with van der Waals surface area (Å²) < 4.78 is 27.5. The Bertz CT molecular complexity index is 697. The van der Waals surface area contributed by atoms with E-state index < -0.39 is 10.0 Å². The van der Waals surface area contributed by atoms with E-state index in [0.717, 1.165) is 16.7 Å². The van der Waals surface area contributed by atoms with Crippen molar-refractivity contribution < 1.29 is 8.42 Å². The van der Waals surface area contributed by atoms with Crippen molar-refractivity contribution in [3.63, 3.8) is 0 Å². The number of benzene rings is 1. The second kappa shape index (κ2) is 5.73. The minimum Gasteiger partial charge on any atom is -0.265 e. The Balaban J connectivity index is 2.28. The van der Waals surface area contributed by atoms with Crippen LogP contribution in [0.2, 0.25) is 0 Å². The van der Waals surface area contributed by atoms with E-state index >= 15 is 0 Å². The van der Waals surface area contributed by atoms with Crippen LogP contribution in [-0.4, -0.2) is 13.4 Å². The zero-order valence-electron chi connectivity index (χ0n) is 11.8. The van der Waals surface area contributed by atoms with Crippen LogP contribution >= 0.6 is 0 Å². The van der Waals surface area contributed by atoms with E-state index in [2.05, 4.69) is 9.71 Å². The van der Waals surface area contributed by atoms with Gasteiger partial charge in [-0.2, -0.15) is 0 Å². The Labute approximate surface area is 119 Å². The molecule has 1 atom stereocenters. The lowest BCUT2D eigenvalue weighted by Crippen LogP contribution is -2.27. The monoisotopic (exact) mass is 290 g/mol. The summed E-state index contributed by atoms with van der Waals surface area (Å²) in [5.74, 6) is 0. The number of pyridine rings is 1. The van der Waals surface area contributed by atoms with Crippen LogP contribution in [0, 0.1) is 13.8 Å². The molecule has 0 saturated carbocycles. The Morgan fingerprint density at radius 3 is 2.35 bits per heavy atom. The maximum absolute atomic E-state index is 12.4. The number of nitrogens with one attached hydrogen (secondary N) is 1. The lowest BCUT2D eigenvalue weighted by Gasteiger charge is -2.16. The number of rotatable bonds is 4. The van der Waals surface area contributed by atoms with Gasteiger partial charge in [0.05, 0.1) is 4.90 Å². The second-order valence-electron chi connectivity index (χ2n) is 4.89. The van der Waals surface area contributed by atoms with E-state index in [1.165, 1.54) is 0 Å². The van der Waals surface area contributed by atoms with E-state index in [1.54, 1.807) is 43.6 Å². The third-order valence-corrected chi connectivity index (χ3v) is 4.86. The van der Waals surface area contributed by atoms with Gasteiger partial charge in [0.25, 0.3) is 0 Å². The first-order valence-corrected chi connectivity index (χ1v) is 7.88. The number of hydrogen-bond donors (Lipinski definition) is 1. The van der Waals surface area contributed by atoms with Gasteiger partial charge in [-0.25, -0.2) is 13.1 Å². The number of nitrogens with zero attached hydrogens (tertiary/aromatic N) is 1. The molecule has 5 heteroatoms. The molecule has 0 fully saturated rings. The summed E-state index contributed by atoms with van der Waals surface area (Å²) in [5, 5.41) is 0. The van der Waals surface area contributed by atoms with Crippen molar-refractivity contribution in [3.05, 3.63) is 59.4 Å². The Kier molecular flexibility index (Phi) is 4.20. The number of sulfonamides is 1. The van der Waals surface area contributed by atoms with Gasteiger partial charge in [-0.3, -0.25) is 4.98 Å². The molecular formula is C15H18N2O2S. The van der Waals surface area contributed by atoms with Crippen LogP contribution in [0.25, 0.3) is 0 Å². The van der Waals surface area contributed by atoms with Crippen molar-refractivity contribution in [1.29, 1.82) is 0 Å². The first kappa shape index (κ1) is 14.7. The van der Waals surface area contributed by atoms with E-state index in [0.29, 0.717) is 4.90 Å². The standard InChI is InChI=1S/C15H18N2O2S/c1-11-4-5-15(12(2)10-11)20(18,19)17-13(3)14-6-8-16-9-7-14/h4-10,13,17H,1-3H3. The van der Waals surface area contributed by atoms with Crippen LogP contribution in [0.4, 0.5) is 0 Å². The minimum atomic E-state index is -3.53. The number of hydrogen-bond acceptors (Lipinski definition) is 3. The van der Waals surface area contributed by atoms with Crippen LogP contribution in [0.1, 0.15) is 29.7 Å². The highest BCUT2D eigenvalue weighted by molar-refractivity contribution is 7.89. The first-order chi connectivity index (χ1) is 9.40. The van der Waals surface area contributed by atoms with Crippen molar-refractivity contribution in [2.45, 2.75) is 31.7 Å². The van der Waals surface area contributed by atoms with E-state index in [4.69, 9.17) is 0 Å². The molecule has 0 amide bonds. The Hall–Kier alpha value is -1.72. The van der Waals surface area contributed by atoms with Gasteiger partial charge < -0.3 is 0 Å². The molecule has 1 unspecified atom stereocenters. The largest absolute Gasteiger partial charge is 0.265 e. The van der Waals surface area contributed by atoms with Crippen molar-refractivity contribution in [1.82, 2.24) is 9.71 Å². The van der Waals surface area contributed by atoms with Crippen LogP contribution in [0.3, 0.4) is 0 Å². The molecule has 0 spiro atoms. The van der Waals surface area contributed by atoms with Crippen LogP contribution < -0.4 is 4.72 Å². The highest BCUT2D eigenvalue weighted by atomic mass is 32.2. The SMILES string of the molecule is Cc1ccc(S(=O)(=O)NC(C)c2ccncc2)c(C)c1. The molecule has 2 aromatic rings. The van der Waals surface area contributed by atoms with Gasteiger partial charge >= 0.3 is 0 Å². The lowest BCUT2D eigenvalue weighted by atomic mass is 10.1. The molecule has 20 heavy (non-hydrogen) atoms. The van der Waals surface area contributed by atoms with Crippen molar-refractivity contribution >= 4 is 10.0 Å². The molecule has 1 heterocycles. The highest BCUT2D eigenvalue weighted by Gasteiger charge is 2.20. The molecule has 0 bridgehead atoms. The average molecular weight is 290 g/mol. The molecule has 0 aliphatic carbocycles. The molecule has 0 saturated heterocycles. The van der Waals surface area contributed by atoms with Crippen molar-refractivity contribution in [2.75, 3.05) is 0 Å². The van der Waals surface area contributed by atoms with E-state index in [-0.39, 0.29) is 6.04 Å². The topological polar surface area (TPSA) is 59.1 Å². The summed E-state index contributed by atoms with van der Waals surface area (Å²) in [6.07, 6.45) is 3.30. The smallest absolute Gasteiger partial charge is 0.241 e. The molecule has 4 nitrogen and oxygen atoms in total. The summed E-state index contributed by atoms with van der Waals surface area (Å²) in [5.41, 5.74) is 2.68. The lowest BCUT2D eigenvalue weighted by molar-refractivity contribution is 0.566. The van der Waals surface area contributed by atoms with Gasteiger partial charge in [-0.05, 0) is 50.1 Å². The molecule has 0 radical (unpaired) electrons. The fourth-order valence-electron chi connectivity index (χ4n) is 2.12. The van der Waals surface area contributed by atoms with Gasteiger partial charge in [0, 0.05) is 18.4 Å². The zero-order chi connectivity index (χ0) is 14.8. The Morgan fingerprint density at radius 1 is 1.10 bits per heavy atom. The van der Waals surface area contributed by atoms with E-state index in [9.17, 15) is 8.42 Å².